The van der Waals surface area contributed by atoms with Crippen molar-refractivity contribution >= 4 is 13.7 Å². The topological polar surface area (TPSA) is 92.3 Å². The predicted octanol–water partition coefficient (Wildman–Crippen LogP) is 4.52. The maximum absolute atomic E-state index is 14.1. The number of nitrogens with one attached hydrogen (secondary N) is 1. The molecule has 0 saturated carbocycles. The summed E-state index contributed by atoms with van der Waals surface area (Å²) in [6.07, 6.45) is 0. The molecule has 2 aromatic rings. The van der Waals surface area contributed by atoms with Gasteiger partial charge in [0, 0.05) is 6.61 Å². The summed E-state index contributed by atoms with van der Waals surface area (Å²) in [5.41, 5.74) is 0. The molecule has 0 aliphatic heterocycles. The van der Waals surface area contributed by atoms with E-state index in [2.05, 4.69) is 9.61 Å². The van der Waals surface area contributed by atoms with Crippen molar-refractivity contribution < 1.29 is 54.6 Å². The number of benzene rings is 2. The molecule has 2 atom stereocenters. The first-order chi connectivity index (χ1) is 16.6. The van der Waals surface area contributed by atoms with Crippen molar-refractivity contribution in [1.29, 1.82) is 0 Å². The highest BCUT2D eigenvalue weighted by Gasteiger charge is 2.38. The maximum Gasteiger partial charge on any atom is 0.513 e. The molecule has 0 bridgehead atoms. The number of hydrogen-bond donors (Lipinski definition) is 1. The number of carbonyl (C=O) groups excluding carboxylic acids is 1. The van der Waals surface area contributed by atoms with Gasteiger partial charge in [-0.15, -0.1) is 0 Å². The fraction of sp³-hybridized carbons (Fsp3) is 0.381. The minimum absolute atomic E-state index is 0.0186. The molecule has 8 nitrogen and oxygen atoms in total. The van der Waals surface area contributed by atoms with Crippen LogP contribution in [0.4, 0.5) is 22.0 Å². The Morgan fingerprint density at radius 1 is 0.857 bits per heavy atom. The molecule has 35 heavy (non-hydrogen) atoms. The lowest BCUT2D eigenvalue weighted by Crippen LogP contribution is -2.36. The number of esters is 1. The molecule has 0 spiro atoms. The Hall–Kier alpha value is -2.73. The highest BCUT2D eigenvalue weighted by Crippen LogP contribution is 2.47. The SMILES string of the molecule is CCOCCOCCOC(=O)[C@H](C)NP(=O)(Oc1ccccc1)Oc1c(F)c(F)c(F)c(F)c1F. The summed E-state index contributed by atoms with van der Waals surface area (Å²) >= 11 is 0. The minimum Gasteiger partial charge on any atom is -0.462 e. The van der Waals surface area contributed by atoms with E-state index in [1.165, 1.54) is 24.3 Å². The van der Waals surface area contributed by atoms with Crippen LogP contribution in [0.2, 0.25) is 0 Å². The molecule has 0 aromatic heterocycles. The van der Waals surface area contributed by atoms with Crippen LogP contribution in [-0.2, 0) is 23.6 Å². The van der Waals surface area contributed by atoms with E-state index in [0.717, 1.165) is 6.92 Å². The van der Waals surface area contributed by atoms with Gasteiger partial charge in [-0.25, -0.2) is 17.7 Å². The molecule has 0 aliphatic carbocycles. The van der Waals surface area contributed by atoms with Crippen LogP contribution < -0.4 is 14.1 Å². The van der Waals surface area contributed by atoms with Gasteiger partial charge in [0.2, 0.25) is 34.8 Å². The van der Waals surface area contributed by atoms with E-state index >= 15 is 0 Å². The van der Waals surface area contributed by atoms with Crippen LogP contribution in [0.15, 0.2) is 30.3 Å². The third-order valence-electron chi connectivity index (χ3n) is 4.10. The van der Waals surface area contributed by atoms with Crippen LogP contribution in [0, 0.1) is 29.1 Å². The lowest BCUT2D eigenvalue weighted by molar-refractivity contribution is -0.147. The second kappa shape index (κ2) is 13.4. The summed E-state index contributed by atoms with van der Waals surface area (Å²) in [7, 11) is -4.97. The quantitative estimate of drug-likeness (QED) is 0.0958. The summed E-state index contributed by atoms with van der Waals surface area (Å²) < 4.78 is 107. The van der Waals surface area contributed by atoms with Gasteiger partial charge in [0.25, 0.3) is 0 Å². The third-order valence-corrected chi connectivity index (χ3v) is 5.68. The van der Waals surface area contributed by atoms with E-state index in [1.54, 1.807) is 6.07 Å². The van der Waals surface area contributed by atoms with Gasteiger partial charge in [-0.1, -0.05) is 18.2 Å². The maximum atomic E-state index is 14.1. The number of carbonyl (C=O) groups is 1. The number of ether oxygens (including phenoxy) is 3. The Bertz CT molecular complexity index is 1020. The van der Waals surface area contributed by atoms with Gasteiger partial charge in [-0.2, -0.15) is 13.9 Å². The fourth-order valence-corrected chi connectivity index (χ4v) is 3.98. The zero-order chi connectivity index (χ0) is 26.0. The molecule has 0 saturated heterocycles. The molecular weight excluding hydrogens is 504 g/mol. The number of rotatable bonds is 14. The van der Waals surface area contributed by atoms with Crippen molar-refractivity contribution in [2.45, 2.75) is 19.9 Å². The van der Waals surface area contributed by atoms with Crippen LogP contribution in [0.25, 0.3) is 0 Å². The van der Waals surface area contributed by atoms with Crippen molar-refractivity contribution in [1.82, 2.24) is 5.09 Å². The fourth-order valence-electron chi connectivity index (χ4n) is 2.46. The van der Waals surface area contributed by atoms with Crippen LogP contribution in [0.3, 0.4) is 0 Å². The van der Waals surface area contributed by atoms with Gasteiger partial charge in [0.1, 0.15) is 18.4 Å². The van der Waals surface area contributed by atoms with Crippen molar-refractivity contribution in [2.24, 2.45) is 0 Å². The first-order valence-corrected chi connectivity index (χ1v) is 11.8. The van der Waals surface area contributed by atoms with Crippen molar-refractivity contribution in [3.05, 3.63) is 59.4 Å². The highest BCUT2D eigenvalue weighted by atomic mass is 31.2. The Morgan fingerprint density at radius 2 is 1.40 bits per heavy atom. The van der Waals surface area contributed by atoms with Gasteiger partial charge in [-0.3, -0.25) is 4.79 Å². The van der Waals surface area contributed by atoms with Gasteiger partial charge in [0.05, 0.1) is 19.8 Å². The molecular formula is C21H23F5NO7P. The average molecular weight is 527 g/mol. The Morgan fingerprint density at radius 3 is 2.00 bits per heavy atom. The molecule has 2 aromatic carbocycles. The predicted molar refractivity (Wildman–Crippen MR) is 112 cm³/mol. The van der Waals surface area contributed by atoms with E-state index in [0.29, 0.717) is 13.2 Å². The lowest BCUT2D eigenvalue weighted by atomic mass is 10.3. The first kappa shape index (κ1) is 28.5. The number of halogens is 5. The largest absolute Gasteiger partial charge is 0.513 e. The van der Waals surface area contributed by atoms with E-state index in [9.17, 15) is 31.3 Å². The number of para-hydroxylation sites is 1. The summed E-state index contributed by atoms with van der Waals surface area (Å²) in [6, 6.07) is 5.54. The molecule has 1 unspecified atom stereocenters. The number of hydrogen-bond acceptors (Lipinski definition) is 7. The van der Waals surface area contributed by atoms with Crippen molar-refractivity contribution in [2.75, 3.05) is 33.0 Å². The van der Waals surface area contributed by atoms with Crippen LogP contribution >= 0.6 is 7.75 Å². The zero-order valence-electron chi connectivity index (χ0n) is 18.7. The average Bonchev–Trinajstić information content (AvgIpc) is 2.84. The monoisotopic (exact) mass is 527 g/mol. The first-order valence-electron chi connectivity index (χ1n) is 10.2. The summed E-state index contributed by atoms with van der Waals surface area (Å²) in [6.45, 7) is 3.91. The molecule has 0 amide bonds. The molecule has 1 N–H and O–H groups in total. The van der Waals surface area contributed by atoms with E-state index in [4.69, 9.17) is 18.7 Å². The molecule has 14 heteroatoms. The van der Waals surface area contributed by atoms with Gasteiger partial charge < -0.3 is 23.3 Å². The van der Waals surface area contributed by atoms with E-state index < -0.39 is 54.6 Å². The van der Waals surface area contributed by atoms with Gasteiger partial charge >= 0.3 is 13.7 Å². The van der Waals surface area contributed by atoms with Crippen molar-refractivity contribution in [3.63, 3.8) is 0 Å². The standard InChI is InChI=1S/C21H23F5NO7P/c1-3-30-9-10-31-11-12-32-21(28)13(2)27-35(29,33-14-7-5-4-6-8-14)34-20-18(25)16(23)15(22)17(24)19(20)26/h4-8,13H,3,9-12H2,1-2H3,(H,27,29)/t13-,35?/m0/s1. The smallest absolute Gasteiger partial charge is 0.462 e. The van der Waals surface area contributed by atoms with Crippen molar-refractivity contribution in [3.8, 4) is 11.5 Å². The van der Waals surface area contributed by atoms with E-state index in [1.807, 2.05) is 6.92 Å². The molecule has 0 aliphatic rings. The normalized spacial score (nSPS) is 13.7. The molecule has 194 valence electrons. The Kier molecular flexibility index (Phi) is 10.9. The van der Waals surface area contributed by atoms with Gasteiger partial charge in [-0.05, 0) is 26.0 Å². The minimum atomic E-state index is -4.97. The van der Waals surface area contributed by atoms with Crippen LogP contribution in [0.5, 0.6) is 11.5 Å². The lowest BCUT2D eigenvalue weighted by Gasteiger charge is -2.23. The molecule has 0 heterocycles. The molecule has 2 rings (SSSR count). The Labute approximate surface area is 197 Å². The van der Waals surface area contributed by atoms with Crippen LogP contribution in [-0.4, -0.2) is 45.0 Å². The molecule has 0 fully saturated rings. The third kappa shape index (κ3) is 8.17. The summed E-state index contributed by atoms with van der Waals surface area (Å²) in [5, 5.41) is 2.07. The zero-order valence-corrected chi connectivity index (χ0v) is 19.6. The summed E-state index contributed by atoms with van der Waals surface area (Å²) in [5.74, 6) is -14.8. The van der Waals surface area contributed by atoms with E-state index in [-0.39, 0.29) is 25.6 Å². The molecule has 0 radical (unpaired) electrons. The summed E-state index contributed by atoms with van der Waals surface area (Å²) in [4.78, 5) is 12.2. The Balaban J connectivity index is 2.16. The highest BCUT2D eigenvalue weighted by molar-refractivity contribution is 7.52. The second-order valence-electron chi connectivity index (χ2n) is 6.72. The van der Waals surface area contributed by atoms with Gasteiger partial charge in [0.15, 0.2) is 0 Å². The van der Waals surface area contributed by atoms with Crippen LogP contribution in [0.1, 0.15) is 13.8 Å². The second-order valence-corrected chi connectivity index (χ2v) is 8.34.